The van der Waals surface area contributed by atoms with Gasteiger partial charge in [-0.3, -0.25) is 4.79 Å². The molecule has 0 bridgehead atoms. The van der Waals surface area contributed by atoms with Crippen LogP contribution in [0.2, 0.25) is 0 Å². The van der Waals surface area contributed by atoms with Crippen LogP contribution in [-0.2, 0) is 14.8 Å². The molecule has 0 N–H and O–H groups in total. The zero-order valence-corrected chi connectivity index (χ0v) is 16.2. The number of methoxy groups -OCH3 is 1. The van der Waals surface area contributed by atoms with Crippen LogP contribution in [0, 0.1) is 5.92 Å². The van der Waals surface area contributed by atoms with Crippen molar-refractivity contribution in [3.05, 3.63) is 24.3 Å². The van der Waals surface area contributed by atoms with Crippen LogP contribution in [0.3, 0.4) is 0 Å². The van der Waals surface area contributed by atoms with E-state index in [0.29, 0.717) is 31.7 Å². The van der Waals surface area contributed by atoms with E-state index in [1.54, 1.807) is 31.4 Å². The lowest BCUT2D eigenvalue weighted by atomic mass is 9.96. The molecule has 26 heavy (non-hydrogen) atoms. The van der Waals surface area contributed by atoms with Gasteiger partial charge < -0.3 is 9.64 Å². The van der Waals surface area contributed by atoms with E-state index < -0.39 is 10.0 Å². The molecule has 2 aliphatic heterocycles. The van der Waals surface area contributed by atoms with Crippen LogP contribution in [0.5, 0.6) is 5.75 Å². The summed E-state index contributed by atoms with van der Waals surface area (Å²) in [6, 6.07) is 6.45. The largest absolute Gasteiger partial charge is 0.497 e. The minimum Gasteiger partial charge on any atom is -0.497 e. The van der Waals surface area contributed by atoms with Crippen molar-refractivity contribution in [2.75, 3.05) is 33.3 Å². The van der Waals surface area contributed by atoms with Gasteiger partial charge in [-0.1, -0.05) is 12.8 Å². The lowest BCUT2D eigenvalue weighted by Gasteiger charge is -2.33. The summed E-state index contributed by atoms with van der Waals surface area (Å²) in [5.41, 5.74) is 0. The van der Waals surface area contributed by atoms with E-state index in [2.05, 4.69) is 0 Å². The van der Waals surface area contributed by atoms with E-state index in [1.165, 1.54) is 17.1 Å². The van der Waals surface area contributed by atoms with Crippen molar-refractivity contribution in [3.63, 3.8) is 0 Å². The van der Waals surface area contributed by atoms with Crippen molar-refractivity contribution >= 4 is 15.9 Å². The number of carbonyl (C=O) groups is 1. The fourth-order valence-electron chi connectivity index (χ4n) is 3.79. The summed E-state index contributed by atoms with van der Waals surface area (Å²) in [5.74, 6) is 0.800. The van der Waals surface area contributed by atoms with Gasteiger partial charge in [0.1, 0.15) is 5.75 Å². The van der Waals surface area contributed by atoms with Crippen molar-refractivity contribution in [1.82, 2.24) is 9.21 Å². The first-order valence-corrected chi connectivity index (χ1v) is 10.9. The van der Waals surface area contributed by atoms with Crippen LogP contribution >= 0.6 is 0 Å². The molecule has 1 aromatic carbocycles. The average Bonchev–Trinajstić information content (AvgIpc) is 2.97. The minimum atomic E-state index is -3.51. The molecule has 0 unspecified atom stereocenters. The van der Waals surface area contributed by atoms with E-state index in [-0.39, 0.29) is 16.7 Å². The summed E-state index contributed by atoms with van der Waals surface area (Å²) >= 11 is 0. The highest BCUT2D eigenvalue weighted by Gasteiger charge is 2.33. The fourth-order valence-corrected chi connectivity index (χ4v) is 5.26. The molecule has 144 valence electrons. The van der Waals surface area contributed by atoms with Gasteiger partial charge in [-0.25, -0.2) is 8.42 Å². The number of hydrogen-bond acceptors (Lipinski definition) is 4. The Labute approximate surface area is 156 Å². The van der Waals surface area contributed by atoms with Crippen molar-refractivity contribution in [3.8, 4) is 5.75 Å². The summed E-state index contributed by atoms with van der Waals surface area (Å²) < 4.78 is 32.2. The number of piperidine rings is 1. The number of benzene rings is 1. The van der Waals surface area contributed by atoms with Crippen molar-refractivity contribution in [2.45, 2.75) is 43.4 Å². The number of amides is 1. The van der Waals surface area contributed by atoms with Crippen molar-refractivity contribution in [2.24, 2.45) is 5.92 Å². The highest BCUT2D eigenvalue weighted by molar-refractivity contribution is 7.89. The van der Waals surface area contributed by atoms with Gasteiger partial charge in [-0.2, -0.15) is 4.31 Å². The Morgan fingerprint density at radius 2 is 1.54 bits per heavy atom. The lowest BCUT2D eigenvalue weighted by Crippen LogP contribution is -2.44. The number of nitrogens with zero attached hydrogens (tertiary/aromatic N) is 2. The van der Waals surface area contributed by atoms with Gasteiger partial charge in [0.25, 0.3) is 0 Å². The Hall–Kier alpha value is -1.60. The number of sulfonamides is 1. The molecule has 0 aromatic heterocycles. The van der Waals surface area contributed by atoms with Gasteiger partial charge in [-0.15, -0.1) is 0 Å². The summed E-state index contributed by atoms with van der Waals surface area (Å²) in [6.45, 7) is 2.50. The summed E-state index contributed by atoms with van der Waals surface area (Å²) in [5, 5.41) is 0. The molecule has 2 aliphatic rings. The van der Waals surface area contributed by atoms with Crippen LogP contribution < -0.4 is 4.74 Å². The van der Waals surface area contributed by atoms with Crippen LogP contribution in [0.15, 0.2) is 29.2 Å². The summed E-state index contributed by atoms with van der Waals surface area (Å²) in [6.07, 6.45) is 5.76. The smallest absolute Gasteiger partial charge is 0.243 e. The molecule has 3 rings (SSSR count). The van der Waals surface area contributed by atoms with E-state index in [0.717, 1.165) is 25.9 Å². The minimum absolute atomic E-state index is 0.0459. The molecule has 2 heterocycles. The molecule has 7 heteroatoms. The number of hydrogen-bond donors (Lipinski definition) is 0. The topological polar surface area (TPSA) is 66.9 Å². The maximum Gasteiger partial charge on any atom is 0.243 e. The summed E-state index contributed by atoms with van der Waals surface area (Å²) in [7, 11) is -1.96. The van der Waals surface area contributed by atoms with Gasteiger partial charge in [-0.05, 0) is 49.9 Å². The van der Waals surface area contributed by atoms with Gasteiger partial charge >= 0.3 is 0 Å². The zero-order chi connectivity index (χ0) is 18.6. The molecule has 2 saturated heterocycles. The number of likely N-dealkylation sites (tertiary alicyclic amines) is 1. The highest BCUT2D eigenvalue weighted by Crippen LogP contribution is 2.26. The number of carbonyl (C=O) groups excluding carboxylic acids is 1. The molecule has 0 radical (unpaired) electrons. The van der Waals surface area contributed by atoms with E-state index in [1.807, 2.05) is 4.90 Å². The Kier molecular flexibility index (Phi) is 6.19. The fraction of sp³-hybridized carbons (Fsp3) is 0.632. The molecular formula is C19H28N2O4S. The monoisotopic (exact) mass is 380 g/mol. The van der Waals surface area contributed by atoms with Crippen LogP contribution in [0.4, 0.5) is 0 Å². The number of rotatable bonds is 4. The predicted octanol–water partition coefficient (Wildman–Crippen LogP) is 2.50. The second-order valence-electron chi connectivity index (χ2n) is 7.09. The van der Waals surface area contributed by atoms with Crippen molar-refractivity contribution < 1.29 is 17.9 Å². The molecular weight excluding hydrogens is 352 g/mol. The summed E-state index contributed by atoms with van der Waals surface area (Å²) in [4.78, 5) is 15.0. The number of ether oxygens (including phenoxy) is 1. The Morgan fingerprint density at radius 1 is 0.962 bits per heavy atom. The molecule has 0 spiro atoms. The maximum absolute atomic E-state index is 12.8. The molecule has 2 fully saturated rings. The molecule has 0 saturated carbocycles. The van der Waals surface area contributed by atoms with Crippen LogP contribution in [0.25, 0.3) is 0 Å². The van der Waals surface area contributed by atoms with Crippen LogP contribution in [-0.4, -0.2) is 56.8 Å². The second-order valence-corrected chi connectivity index (χ2v) is 9.03. The van der Waals surface area contributed by atoms with Gasteiger partial charge in [0, 0.05) is 32.1 Å². The van der Waals surface area contributed by atoms with Crippen molar-refractivity contribution in [1.29, 1.82) is 0 Å². The molecule has 6 nitrogen and oxygen atoms in total. The Balaban J connectivity index is 1.60. The van der Waals surface area contributed by atoms with Crippen LogP contribution in [0.1, 0.15) is 38.5 Å². The third-order valence-electron chi connectivity index (χ3n) is 5.42. The molecule has 0 atom stereocenters. The van der Waals surface area contributed by atoms with E-state index in [4.69, 9.17) is 4.74 Å². The predicted molar refractivity (Wildman–Crippen MR) is 99.5 cm³/mol. The first-order valence-electron chi connectivity index (χ1n) is 9.45. The Morgan fingerprint density at radius 3 is 2.08 bits per heavy atom. The zero-order valence-electron chi connectivity index (χ0n) is 15.4. The highest BCUT2D eigenvalue weighted by atomic mass is 32.2. The SMILES string of the molecule is COc1ccc(S(=O)(=O)N2CCC(C(=O)N3CCCCCC3)CC2)cc1. The molecule has 0 aliphatic carbocycles. The van der Waals surface area contributed by atoms with Gasteiger partial charge in [0.2, 0.25) is 15.9 Å². The second kappa shape index (κ2) is 8.39. The van der Waals surface area contributed by atoms with E-state index >= 15 is 0 Å². The van der Waals surface area contributed by atoms with Gasteiger partial charge in [0.15, 0.2) is 0 Å². The quantitative estimate of drug-likeness (QED) is 0.805. The van der Waals surface area contributed by atoms with Gasteiger partial charge in [0.05, 0.1) is 12.0 Å². The van der Waals surface area contributed by atoms with E-state index in [9.17, 15) is 13.2 Å². The molecule has 1 amide bonds. The third-order valence-corrected chi connectivity index (χ3v) is 7.33. The molecule has 1 aromatic rings. The lowest BCUT2D eigenvalue weighted by molar-refractivity contribution is -0.136. The first kappa shape index (κ1) is 19.2. The Bertz CT molecular complexity index is 702. The third kappa shape index (κ3) is 4.20. The standard InChI is InChI=1S/C19H28N2O4S/c1-25-17-6-8-18(9-7-17)26(23,24)21-14-10-16(11-15-21)19(22)20-12-4-2-3-5-13-20/h6-9,16H,2-5,10-15H2,1H3. The normalized spacial score (nSPS) is 20.6. The maximum atomic E-state index is 12.8. The average molecular weight is 381 g/mol. The first-order chi connectivity index (χ1) is 12.5.